The highest BCUT2D eigenvalue weighted by Crippen LogP contribution is 2.51. The number of H-pyrrole nitrogens is 1. The molecule has 0 saturated carbocycles. The molecule has 1 aromatic carbocycles. The number of aromatic amines is 1. The third-order valence-electron chi connectivity index (χ3n) is 6.22. The maximum Gasteiger partial charge on any atom is 0.380 e. The summed E-state index contributed by atoms with van der Waals surface area (Å²) in [6, 6.07) is 8.10. The van der Waals surface area contributed by atoms with Crippen LogP contribution >= 0.6 is 7.60 Å². The molecule has 1 aliphatic rings. The zero-order valence-corrected chi connectivity index (χ0v) is 23.9. The van der Waals surface area contributed by atoms with Gasteiger partial charge in [0, 0.05) is 0 Å². The van der Waals surface area contributed by atoms with E-state index in [4.69, 9.17) is 24.3 Å². The number of benzene rings is 1. The second-order valence-electron chi connectivity index (χ2n) is 9.89. The van der Waals surface area contributed by atoms with E-state index in [9.17, 15) is 28.8 Å². The number of aromatic nitrogens is 4. The molecule has 3 aromatic rings. The van der Waals surface area contributed by atoms with Gasteiger partial charge in [-0.05, 0) is 26.0 Å². The molecule has 0 bridgehead atoms. The average Bonchev–Trinajstić information content (AvgIpc) is 3.45. The van der Waals surface area contributed by atoms with Crippen LogP contribution in [0.5, 0.6) is 5.75 Å². The molecular formula is C26H31FN5O9P. The van der Waals surface area contributed by atoms with E-state index in [1.165, 1.54) is 6.92 Å². The number of carbonyl (C=O) groups is 1. The fraction of sp³-hybridized carbons (Fsp3) is 0.462. The van der Waals surface area contributed by atoms with Crippen molar-refractivity contribution < 1.29 is 42.5 Å². The van der Waals surface area contributed by atoms with E-state index < -0.39 is 68.5 Å². The molecule has 16 heteroatoms. The van der Waals surface area contributed by atoms with E-state index in [-0.39, 0.29) is 29.0 Å². The number of halogens is 1. The van der Waals surface area contributed by atoms with Crippen LogP contribution in [0.2, 0.25) is 0 Å². The standard InChI is InChI=1S/C26H31FN5O9P/c1-15(2)39-23(35)16(3)13-42(37,41-17-8-5-4-6-9-17)38-12-18-20(33)26(36,10-7-11-27)24(40-18)32-14-29-19-21(32)30-25(28)31-22(19)34/h4-6,8-9,14-16,18,20,24,33,36H,11-13H2,1-3H3,(H3,28,30,31,34)/t16-,18-,20+,24-,26?,42+/m1/s1. The largest absolute Gasteiger partial charge is 0.463 e. The third-order valence-corrected chi connectivity index (χ3v) is 8.24. The van der Waals surface area contributed by atoms with Crippen LogP contribution in [0.1, 0.15) is 27.0 Å². The Morgan fingerprint density at radius 3 is 2.71 bits per heavy atom. The Hall–Kier alpha value is -3.80. The zero-order chi connectivity index (χ0) is 30.7. The number of para-hydroxylation sites is 1. The smallest absolute Gasteiger partial charge is 0.380 e. The topological polar surface area (TPSA) is 201 Å². The van der Waals surface area contributed by atoms with Gasteiger partial charge in [-0.1, -0.05) is 37.0 Å². The molecule has 0 aliphatic carbocycles. The first-order chi connectivity index (χ1) is 19.9. The summed E-state index contributed by atoms with van der Waals surface area (Å²) >= 11 is 0. The van der Waals surface area contributed by atoms with Crippen LogP contribution in [0.25, 0.3) is 11.2 Å². The molecule has 1 fully saturated rings. The summed E-state index contributed by atoms with van der Waals surface area (Å²) in [5.74, 6) is 2.77. The number of fused-ring (bicyclic) bond motifs is 1. The van der Waals surface area contributed by atoms with Gasteiger partial charge in [0.25, 0.3) is 5.56 Å². The van der Waals surface area contributed by atoms with E-state index in [2.05, 4.69) is 26.8 Å². The van der Waals surface area contributed by atoms with Crippen molar-refractivity contribution in [2.24, 2.45) is 5.92 Å². The van der Waals surface area contributed by atoms with Crippen molar-refractivity contribution >= 4 is 30.7 Å². The lowest BCUT2D eigenvalue weighted by Gasteiger charge is -2.26. The van der Waals surface area contributed by atoms with Crippen LogP contribution < -0.4 is 15.8 Å². The van der Waals surface area contributed by atoms with Crippen molar-refractivity contribution in [1.29, 1.82) is 0 Å². The Kier molecular flexibility index (Phi) is 9.34. The summed E-state index contributed by atoms with van der Waals surface area (Å²) in [6.07, 6.45) is -4.50. The maximum absolute atomic E-state index is 13.9. The average molecular weight is 608 g/mol. The molecule has 0 spiro atoms. The fourth-order valence-electron chi connectivity index (χ4n) is 4.31. The number of ether oxygens (including phenoxy) is 2. The third kappa shape index (κ3) is 6.64. The molecule has 226 valence electrons. The summed E-state index contributed by atoms with van der Waals surface area (Å²) in [6.45, 7) is 3.08. The number of nitrogens with one attached hydrogen (secondary N) is 1. The SMILES string of the molecule is CC(C)OC(=O)[C@H](C)C[P@](=O)(OC[C@H]1O[C@@H](n2cnc3c(=O)[nH]c(N)nc32)C(O)(C#CCF)[C@H]1O)Oc1ccccc1. The minimum absolute atomic E-state index is 0.105. The first kappa shape index (κ1) is 31.1. The highest BCUT2D eigenvalue weighted by Gasteiger charge is 2.56. The van der Waals surface area contributed by atoms with Gasteiger partial charge in [-0.3, -0.25) is 23.7 Å². The van der Waals surface area contributed by atoms with Gasteiger partial charge in [0.2, 0.25) is 5.95 Å². The molecule has 1 unspecified atom stereocenters. The Labute approximate surface area is 239 Å². The predicted octanol–water partition coefficient (Wildman–Crippen LogP) is 1.54. The van der Waals surface area contributed by atoms with Crippen molar-refractivity contribution in [2.75, 3.05) is 25.2 Å². The summed E-state index contributed by atoms with van der Waals surface area (Å²) in [5, 5.41) is 22.5. The highest BCUT2D eigenvalue weighted by atomic mass is 31.2. The van der Waals surface area contributed by atoms with Crippen LogP contribution in [0.3, 0.4) is 0 Å². The van der Waals surface area contributed by atoms with E-state index in [1.54, 1.807) is 44.2 Å². The van der Waals surface area contributed by atoms with Crippen LogP contribution in [0, 0.1) is 17.8 Å². The van der Waals surface area contributed by atoms with Crippen molar-refractivity contribution in [3.05, 3.63) is 47.0 Å². The minimum atomic E-state index is -4.13. The van der Waals surface area contributed by atoms with E-state index >= 15 is 0 Å². The second-order valence-corrected chi connectivity index (χ2v) is 11.9. The van der Waals surface area contributed by atoms with Gasteiger partial charge in [0.15, 0.2) is 23.0 Å². The summed E-state index contributed by atoms with van der Waals surface area (Å²) in [5.41, 5.74) is 2.29. The van der Waals surface area contributed by atoms with Crippen LogP contribution in [0.4, 0.5) is 10.3 Å². The number of aliphatic hydroxyl groups excluding tert-OH is 1. The molecule has 0 radical (unpaired) electrons. The number of esters is 1. The fourth-order valence-corrected chi connectivity index (χ4v) is 6.18. The Bertz CT molecular complexity index is 1590. The lowest BCUT2D eigenvalue weighted by atomic mass is 9.94. The van der Waals surface area contributed by atoms with Crippen LogP contribution in [-0.4, -0.2) is 79.1 Å². The van der Waals surface area contributed by atoms with Gasteiger partial charge in [-0.15, -0.1) is 0 Å². The molecule has 0 amide bonds. The molecule has 1 aliphatic heterocycles. The number of aliphatic hydroxyl groups is 2. The zero-order valence-electron chi connectivity index (χ0n) is 23.0. The minimum Gasteiger partial charge on any atom is -0.463 e. The van der Waals surface area contributed by atoms with Crippen LogP contribution in [-0.2, 0) is 23.4 Å². The molecule has 14 nitrogen and oxygen atoms in total. The number of anilines is 1. The summed E-state index contributed by atoms with van der Waals surface area (Å²) in [7, 11) is -4.13. The number of alkyl halides is 1. The Balaban J connectivity index is 1.63. The van der Waals surface area contributed by atoms with Gasteiger partial charge in [0.05, 0.1) is 31.1 Å². The van der Waals surface area contributed by atoms with Gasteiger partial charge in [-0.2, -0.15) is 4.98 Å². The first-order valence-electron chi connectivity index (χ1n) is 12.9. The number of carbonyl (C=O) groups excluding carboxylic acids is 1. The van der Waals surface area contributed by atoms with Gasteiger partial charge >= 0.3 is 13.6 Å². The number of hydrogen-bond acceptors (Lipinski definition) is 12. The molecule has 42 heavy (non-hydrogen) atoms. The lowest BCUT2D eigenvalue weighted by Crippen LogP contribution is -2.46. The molecule has 1 saturated heterocycles. The molecule has 3 heterocycles. The number of nitrogens with two attached hydrogens (primary N) is 1. The number of rotatable bonds is 10. The Morgan fingerprint density at radius 2 is 2.05 bits per heavy atom. The molecule has 2 aromatic heterocycles. The van der Waals surface area contributed by atoms with Crippen molar-refractivity contribution in [3.8, 4) is 17.6 Å². The maximum atomic E-state index is 13.9. The van der Waals surface area contributed by atoms with Crippen molar-refractivity contribution in [3.63, 3.8) is 0 Å². The van der Waals surface area contributed by atoms with Gasteiger partial charge in [-0.25, -0.2) is 13.9 Å². The highest BCUT2D eigenvalue weighted by molar-refractivity contribution is 7.54. The van der Waals surface area contributed by atoms with E-state index in [0.29, 0.717) is 0 Å². The van der Waals surface area contributed by atoms with E-state index in [1.807, 2.05) is 0 Å². The number of imidazole rings is 1. The van der Waals surface area contributed by atoms with Crippen LogP contribution in [0.15, 0.2) is 41.5 Å². The Morgan fingerprint density at radius 1 is 1.33 bits per heavy atom. The van der Waals surface area contributed by atoms with E-state index in [0.717, 1.165) is 10.9 Å². The number of nitrogens with zero attached hydrogens (tertiary/aromatic N) is 3. The molecule has 6 atom stereocenters. The number of nitrogen functional groups attached to an aromatic ring is 1. The normalized spacial score (nSPS) is 24.1. The molecule has 4 rings (SSSR count). The lowest BCUT2D eigenvalue weighted by molar-refractivity contribution is -0.151. The van der Waals surface area contributed by atoms with Gasteiger partial charge < -0.3 is 29.9 Å². The predicted molar refractivity (Wildman–Crippen MR) is 147 cm³/mol. The molecular weight excluding hydrogens is 576 g/mol. The summed E-state index contributed by atoms with van der Waals surface area (Å²) in [4.78, 5) is 35.0. The first-order valence-corrected chi connectivity index (χ1v) is 14.6. The van der Waals surface area contributed by atoms with Gasteiger partial charge in [0.1, 0.15) is 24.6 Å². The quantitative estimate of drug-likeness (QED) is 0.147. The monoisotopic (exact) mass is 607 g/mol. The van der Waals surface area contributed by atoms with Crippen molar-refractivity contribution in [2.45, 2.75) is 50.9 Å². The van der Waals surface area contributed by atoms with Crippen molar-refractivity contribution in [1.82, 2.24) is 19.5 Å². The number of hydrogen-bond donors (Lipinski definition) is 4. The summed E-state index contributed by atoms with van der Waals surface area (Å²) < 4.78 is 50.6. The molecule has 5 N–H and O–H groups in total. The second kappa shape index (κ2) is 12.6.